The fourth-order valence-electron chi connectivity index (χ4n) is 4.86. The summed E-state index contributed by atoms with van der Waals surface area (Å²) >= 11 is 0. The summed E-state index contributed by atoms with van der Waals surface area (Å²) in [5, 5.41) is 1.31. The zero-order valence-corrected chi connectivity index (χ0v) is 41.5. The van der Waals surface area contributed by atoms with Crippen molar-refractivity contribution in [3.8, 4) is 5.75 Å². The number of anilines is 1. The van der Waals surface area contributed by atoms with Gasteiger partial charge < -0.3 is 18.8 Å². The van der Waals surface area contributed by atoms with Crippen molar-refractivity contribution >= 4 is 16.6 Å². The third-order valence-corrected chi connectivity index (χ3v) is 8.61. The van der Waals surface area contributed by atoms with Crippen molar-refractivity contribution in [2.24, 2.45) is 19.5 Å². The van der Waals surface area contributed by atoms with Crippen molar-refractivity contribution in [2.45, 2.75) is 62.3 Å². The van der Waals surface area contributed by atoms with Gasteiger partial charge in [-0.25, -0.2) is 26.3 Å². The van der Waals surface area contributed by atoms with Crippen LogP contribution < -0.4 is 9.64 Å². The highest BCUT2D eigenvalue weighted by molar-refractivity contribution is 5.79. The van der Waals surface area contributed by atoms with Gasteiger partial charge in [-0.2, -0.15) is 0 Å². The fourth-order valence-corrected chi connectivity index (χ4v) is 4.86. The molecular weight excluding hydrogens is 859 g/mol. The molecule has 0 atom stereocenters. The minimum Gasteiger partial charge on any atom is -0.497 e. The van der Waals surface area contributed by atoms with Crippen LogP contribution in [0.15, 0.2) is 158 Å². The van der Waals surface area contributed by atoms with Crippen LogP contribution in [-0.2, 0) is 14.1 Å². The number of rotatable bonds is 2. The summed E-state index contributed by atoms with van der Waals surface area (Å²) < 4.78 is 82.8. The molecule has 8 rings (SSSR count). The Balaban J connectivity index is 0.000000388. The third-order valence-electron chi connectivity index (χ3n) is 8.61. The lowest BCUT2D eigenvalue weighted by Gasteiger charge is -2.11. The van der Waals surface area contributed by atoms with Crippen LogP contribution in [0.5, 0.6) is 5.75 Å². The van der Waals surface area contributed by atoms with E-state index in [1.807, 2.05) is 107 Å². The number of methoxy groups -OCH3 is 1. The lowest BCUT2D eigenvalue weighted by Crippen LogP contribution is -2.07. The highest BCUT2D eigenvalue weighted by Gasteiger charge is 2.22. The molecule has 67 heavy (non-hydrogen) atoms. The summed E-state index contributed by atoms with van der Waals surface area (Å²) in [5.74, 6) is -8.78. The Morgan fingerprint density at radius 3 is 1.30 bits per heavy atom. The molecule has 0 unspecified atom stereocenters. The average molecular weight is 927 g/mol. The van der Waals surface area contributed by atoms with Crippen molar-refractivity contribution in [1.82, 2.24) is 14.1 Å². The number of aryl methyl sites for hydroxylation is 6. The number of aromatic nitrogens is 3. The quantitative estimate of drug-likeness (QED) is 0.0984. The molecule has 0 fully saturated rings. The van der Waals surface area contributed by atoms with E-state index in [9.17, 15) is 26.3 Å². The monoisotopic (exact) mass is 927 g/mol. The normalized spacial score (nSPS) is 9.79. The number of hydrogen-bond donors (Lipinski definition) is 0. The first-order chi connectivity index (χ1) is 31.4. The zero-order valence-electron chi connectivity index (χ0n) is 41.5. The largest absolute Gasteiger partial charge is 0.497 e. The first-order valence-electron chi connectivity index (χ1n) is 21.4. The second-order valence-electron chi connectivity index (χ2n) is 17.0. The van der Waals surface area contributed by atoms with Crippen LogP contribution in [0.25, 0.3) is 10.9 Å². The Bertz CT molecular complexity index is 2400. The molecule has 360 valence electrons. The maximum absolute atomic E-state index is 12.4. The Morgan fingerprint density at radius 1 is 0.507 bits per heavy atom. The molecule has 3 aromatic heterocycles. The third kappa shape index (κ3) is 24.9. The van der Waals surface area contributed by atoms with Gasteiger partial charge in [0, 0.05) is 75.4 Å². The number of hydrogen-bond acceptors (Lipinski definition) is 3. The lowest BCUT2D eigenvalue weighted by molar-refractivity contribution is 0.373. The fraction of sp³-hybridized carbons (Fsp3) is 0.268. The predicted molar refractivity (Wildman–Crippen MR) is 268 cm³/mol. The van der Waals surface area contributed by atoms with Gasteiger partial charge in [-0.05, 0) is 118 Å². The van der Waals surface area contributed by atoms with E-state index < -0.39 is 34.6 Å². The van der Waals surface area contributed by atoms with E-state index in [1.165, 1.54) is 39.8 Å². The molecule has 0 aliphatic carbocycles. The van der Waals surface area contributed by atoms with Crippen molar-refractivity contribution in [3.05, 3.63) is 221 Å². The van der Waals surface area contributed by atoms with Crippen molar-refractivity contribution in [2.75, 3.05) is 26.1 Å². The van der Waals surface area contributed by atoms with Crippen molar-refractivity contribution in [3.63, 3.8) is 0 Å². The standard InChI is InChI=1S/C9H9N.C9H13N.C8H10O.C7H3F5.C7H7F.C6H7N.C5H7N.C5H12/c1-10-7-6-8-4-2-3-5-9(8)10;1-8-4-6-9(7-5-8)10(2)3;1-7-3-5-8(9-2)6-4-7;1-2-3(8)5(10)7(12)6(11)4(2)9;1-6-2-4-7(8)5-3-6;1-6-4-2-3-5-7-6;1-6-4-2-3-5-6;1-5(2,3)4/h2-7H,1H3;4-7H,1-3H3;3-6H,1-2H3;1H3;2-5H,1H3;2-5H,1H3;2-5H,1H3;1-4H3. The van der Waals surface area contributed by atoms with E-state index in [1.54, 1.807) is 25.4 Å². The topological polar surface area (TPSA) is 35.2 Å². The van der Waals surface area contributed by atoms with E-state index in [2.05, 4.69) is 124 Å². The van der Waals surface area contributed by atoms with Crippen molar-refractivity contribution < 1.29 is 31.1 Å². The van der Waals surface area contributed by atoms with E-state index in [0.29, 0.717) is 5.41 Å². The Morgan fingerprint density at radius 2 is 0.940 bits per heavy atom. The maximum Gasteiger partial charge on any atom is 0.200 e. The smallest absolute Gasteiger partial charge is 0.200 e. The van der Waals surface area contributed by atoms with Gasteiger partial charge in [-0.15, -0.1) is 0 Å². The summed E-state index contributed by atoms with van der Waals surface area (Å²) in [4.78, 5) is 6.08. The zero-order chi connectivity index (χ0) is 50.7. The summed E-state index contributed by atoms with van der Waals surface area (Å²) in [5.41, 5.74) is 6.91. The maximum atomic E-state index is 12.4. The molecule has 0 bridgehead atoms. The molecule has 0 N–H and O–H groups in total. The van der Waals surface area contributed by atoms with Gasteiger partial charge in [0.05, 0.1) is 7.11 Å². The molecular formula is C56H68F6N4O. The van der Waals surface area contributed by atoms with Crippen LogP contribution in [0.4, 0.5) is 32.0 Å². The van der Waals surface area contributed by atoms with E-state index >= 15 is 0 Å². The first-order valence-corrected chi connectivity index (χ1v) is 21.4. The molecule has 0 amide bonds. The highest BCUT2D eigenvalue weighted by Crippen LogP contribution is 2.21. The van der Waals surface area contributed by atoms with Crippen LogP contribution in [0.2, 0.25) is 0 Å². The van der Waals surface area contributed by atoms with Crippen LogP contribution in [-0.4, -0.2) is 35.3 Å². The van der Waals surface area contributed by atoms with Gasteiger partial charge in [0.25, 0.3) is 0 Å². The number of benzene rings is 5. The summed E-state index contributed by atoms with van der Waals surface area (Å²) in [6.07, 6.45) is 7.86. The van der Waals surface area contributed by atoms with Gasteiger partial charge in [-0.1, -0.05) is 105 Å². The molecule has 0 saturated heterocycles. The first kappa shape index (κ1) is 58.3. The van der Waals surface area contributed by atoms with Gasteiger partial charge in [0.1, 0.15) is 11.6 Å². The number of fused-ring (bicyclic) bond motifs is 1. The van der Waals surface area contributed by atoms with Crippen LogP contribution in [0.1, 0.15) is 55.6 Å². The van der Waals surface area contributed by atoms with Gasteiger partial charge in [0.2, 0.25) is 5.82 Å². The summed E-state index contributed by atoms with van der Waals surface area (Å²) in [7, 11) is 9.82. The van der Waals surface area contributed by atoms with E-state index in [-0.39, 0.29) is 5.82 Å². The van der Waals surface area contributed by atoms with E-state index in [4.69, 9.17) is 4.74 Å². The highest BCUT2D eigenvalue weighted by atomic mass is 19.2. The van der Waals surface area contributed by atoms with Crippen LogP contribution in [0, 0.1) is 74.9 Å². The SMILES string of the molecule is CC(C)(C)C.COc1ccc(C)cc1.Cc1c(F)c(F)c(F)c(F)c1F.Cc1ccc(F)cc1.Cc1ccc(N(C)C)cc1.Cc1ccccn1.Cn1ccc2ccccc21.Cn1cccc1. The Hall–Kier alpha value is -6.75. The number of pyridine rings is 1. The van der Waals surface area contributed by atoms with Crippen LogP contribution in [0.3, 0.4) is 0 Å². The number of para-hydroxylation sites is 1. The molecule has 8 aromatic rings. The van der Waals surface area contributed by atoms with Gasteiger partial charge >= 0.3 is 0 Å². The Labute approximate surface area is 395 Å². The number of nitrogens with zero attached hydrogens (tertiary/aromatic N) is 4. The molecule has 0 aliphatic rings. The molecule has 0 saturated carbocycles. The molecule has 11 heteroatoms. The second-order valence-corrected chi connectivity index (χ2v) is 17.0. The minimum atomic E-state index is -2.13. The molecule has 0 spiro atoms. The molecule has 3 heterocycles. The summed E-state index contributed by atoms with van der Waals surface area (Å²) in [6.45, 7) is 17.6. The number of halogens is 6. The summed E-state index contributed by atoms with van der Waals surface area (Å²) in [6, 6.07) is 43.2. The van der Waals surface area contributed by atoms with Gasteiger partial charge in [0.15, 0.2) is 23.3 Å². The predicted octanol–water partition coefficient (Wildman–Crippen LogP) is 15.5. The minimum absolute atomic E-state index is 0.171. The molecule has 0 radical (unpaired) electrons. The van der Waals surface area contributed by atoms with E-state index in [0.717, 1.165) is 23.9 Å². The number of ether oxygens (including phenoxy) is 1. The lowest BCUT2D eigenvalue weighted by atomic mass is 10.0. The van der Waals surface area contributed by atoms with Gasteiger partial charge in [-0.3, -0.25) is 4.98 Å². The Kier molecular flexibility index (Phi) is 26.5. The average Bonchev–Trinajstić information content (AvgIpc) is 3.94. The second kappa shape index (κ2) is 30.5. The molecule has 0 aliphatic heterocycles. The van der Waals surface area contributed by atoms with Crippen molar-refractivity contribution in [1.29, 1.82) is 0 Å². The van der Waals surface area contributed by atoms with Crippen LogP contribution >= 0.6 is 0 Å². The molecule has 5 nitrogen and oxygen atoms in total. The molecule has 5 aromatic carbocycles.